The molecule has 8 nitrogen and oxygen atoms in total. The van der Waals surface area contributed by atoms with Crippen LogP contribution in [-0.2, 0) is 0 Å². The van der Waals surface area contributed by atoms with Crippen molar-refractivity contribution in [2.24, 2.45) is 0 Å². The van der Waals surface area contributed by atoms with Crippen LogP contribution in [0.2, 0.25) is 0 Å². The number of H-pyrrole nitrogens is 1. The van der Waals surface area contributed by atoms with Crippen molar-refractivity contribution in [1.29, 1.82) is 0 Å². The Labute approximate surface area is 165 Å². The average molecular weight is 388 g/mol. The van der Waals surface area contributed by atoms with E-state index in [-0.39, 0.29) is 17.0 Å². The lowest BCUT2D eigenvalue weighted by molar-refractivity contribution is 0.0698. The van der Waals surface area contributed by atoms with Gasteiger partial charge in [0.1, 0.15) is 11.3 Å². The normalized spacial score (nSPS) is 10.7. The van der Waals surface area contributed by atoms with Crippen LogP contribution >= 0.6 is 0 Å². The number of fused-ring (bicyclic) bond motifs is 1. The molecule has 0 spiro atoms. The third-order valence-corrected chi connectivity index (χ3v) is 4.40. The summed E-state index contributed by atoms with van der Waals surface area (Å²) in [7, 11) is 1.60. The number of carbonyl (C=O) groups is 2. The minimum Gasteiger partial charge on any atom is -0.497 e. The number of hydrogen-bond acceptors (Lipinski definition) is 5. The number of rotatable bonds is 5. The molecule has 29 heavy (non-hydrogen) atoms. The Morgan fingerprint density at radius 3 is 2.59 bits per heavy atom. The number of benzene rings is 2. The first-order valence-corrected chi connectivity index (χ1v) is 8.68. The number of aromatic carboxylic acids is 1. The number of carbonyl (C=O) groups excluding carboxylic acids is 1. The van der Waals surface area contributed by atoms with Crippen LogP contribution in [0.15, 0.2) is 60.9 Å². The van der Waals surface area contributed by atoms with Crippen molar-refractivity contribution in [3.63, 3.8) is 0 Å². The molecule has 0 aliphatic carbocycles. The van der Waals surface area contributed by atoms with Gasteiger partial charge in [0.05, 0.1) is 23.8 Å². The zero-order valence-electron chi connectivity index (χ0n) is 15.3. The van der Waals surface area contributed by atoms with Gasteiger partial charge in [-0.2, -0.15) is 0 Å². The van der Waals surface area contributed by atoms with E-state index < -0.39 is 11.9 Å². The molecule has 0 saturated carbocycles. The topological polar surface area (TPSA) is 117 Å². The lowest BCUT2D eigenvalue weighted by atomic mass is 10.1. The largest absolute Gasteiger partial charge is 0.497 e. The van der Waals surface area contributed by atoms with Gasteiger partial charge in [-0.05, 0) is 35.9 Å². The summed E-state index contributed by atoms with van der Waals surface area (Å²) in [4.78, 5) is 35.2. The van der Waals surface area contributed by atoms with Gasteiger partial charge in [0.25, 0.3) is 5.91 Å². The molecule has 144 valence electrons. The first-order chi connectivity index (χ1) is 14.0. The number of imidazole rings is 1. The van der Waals surface area contributed by atoms with Crippen molar-refractivity contribution in [1.82, 2.24) is 15.0 Å². The first kappa shape index (κ1) is 18.2. The predicted molar refractivity (Wildman–Crippen MR) is 107 cm³/mol. The van der Waals surface area contributed by atoms with E-state index in [2.05, 4.69) is 20.3 Å². The van der Waals surface area contributed by atoms with Crippen LogP contribution in [0.1, 0.15) is 20.7 Å². The number of anilines is 1. The van der Waals surface area contributed by atoms with Crippen LogP contribution in [0.4, 0.5) is 5.95 Å². The number of carboxylic acid groups (broad SMARTS) is 1. The Morgan fingerprint density at radius 1 is 1.07 bits per heavy atom. The Morgan fingerprint density at radius 2 is 1.86 bits per heavy atom. The van der Waals surface area contributed by atoms with Crippen LogP contribution < -0.4 is 10.1 Å². The predicted octanol–water partition coefficient (Wildman–Crippen LogP) is 3.58. The molecule has 0 saturated heterocycles. The highest BCUT2D eigenvalue weighted by molar-refractivity contribution is 6.06. The molecule has 0 aliphatic heterocycles. The summed E-state index contributed by atoms with van der Waals surface area (Å²) in [5.41, 5.74) is 2.87. The lowest BCUT2D eigenvalue weighted by Crippen LogP contribution is -2.13. The highest BCUT2D eigenvalue weighted by Gasteiger charge is 2.15. The third kappa shape index (κ3) is 3.63. The van der Waals surface area contributed by atoms with Crippen LogP contribution in [0, 0.1) is 0 Å². The lowest BCUT2D eigenvalue weighted by Gasteiger charge is -2.06. The molecular weight excluding hydrogens is 372 g/mol. The van der Waals surface area contributed by atoms with Crippen LogP contribution in [0.3, 0.4) is 0 Å². The highest BCUT2D eigenvalue weighted by atomic mass is 16.5. The molecule has 0 atom stereocenters. The summed E-state index contributed by atoms with van der Waals surface area (Å²) < 4.78 is 5.15. The van der Waals surface area contributed by atoms with Gasteiger partial charge in [-0.15, -0.1) is 0 Å². The Kier molecular flexibility index (Phi) is 4.66. The van der Waals surface area contributed by atoms with Crippen LogP contribution in [0.5, 0.6) is 5.75 Å². The number of carboxylic acids is 1. The number of ether oxygens (including phenoxy) is 1. The van der Waals surface area contributed by atoms with Gasteiger partial charge in [0.2, 0.25) is 5.95 Å². The fourth-order valence-electron chi connectivity index (χ4n) is 2.95. The number of aromatic nitrogens is 3. The van der Waals surface area contributed by atoms with Gasteiger partial charge < -0.3 is 14.8 Å². The van der Waals surface area contributed by atoms with Gasteiger partial charge in [-0.3, -0.25) is 15.1 Å². The van der Waals surface area contributed by atoms with Gasteiger partial charge in [0, 0.05) is 18.0 Å². The number of pyridine rings is 1. The van der Waals surface area contributed by atoms with Crippen LogP contribution in [-0.4, -0.2) is 39.0 Å². The second kappa shape index (κ2) is 7.43. The molecule has 0 unspecified atom stereocenters. The molecule has 2 aromatic heterocycles. The zero-order valence-corrected chi connectivity index (χ0v) is 15.3. The van der Waals surface area contributed by atoms with E-state index in [4.69, 9.17) is 4.74 Å². The smallest absolute Gasteiger partial charge is 0.337 e. The number of amides is 1. The molecule has 2 heterocycles. The summed E-state index contributed by atoms with van der Waals surface area (Å²) in [6, 6.07) is 13.9. The number of para-hydroxylation sites is 1. The SMILES string of the molecule is COc1ccc(-c2cncc(C(=O)Nc3nc4c(C(=O)O)cccc4[nH]3)c2)cc1. The summed E-state index contributed by atoms with van der Waals surface area (Å²) in [5, 5.41) is 11.9. The van der Waals surface area contributed by atoms with Crippen molar-refractivity contribution in [2.75, 3.05) is 12.4 Å². The number of hydrogen-bond donors (Lipinski definition) is 3. The second-order valence-corrected chi connectivity index (χ2v) is 6.24. The molecule has 0 fully saturated rings. The standard InChI is InChI=1S/C21H16N4O4/c1-29-15-7-5-12(6-8-15)13-9-14(11-22-10-13)19(26)25-21-23-17-4-2-3-16(20(27)28)18(17)24-21/h2-11H,1H3,(H,27,28)(H2,23,24,25,26). The van der Waals surface area contributed by atoms with E-state index in [1.807, 2.05) is 24.3 Å². The molecule has 0 aliphatic rings. The maximum Gasteiger partial charge on any atom is 0.337 e. The summed E-state index contributed by atoms with van der Waals surface area (Å²) in [5.74, 6) is -0.602. The quantitative estimate of drug-likeness (QED) is 0.481. The van der Waals surface area contributed by atoms with E-state index in [0.29, 0.717) is 11.1 Å². The average Bonchev–Trinajstić information content (AvgIpc) is 3.16. The molecule has 2 aromatic carbocycles. The summed E-state index contributed by atoms with van der Waals surface area (Å²) >= 11 is 0. The molecule has 4 aromatic rings. The van der Waals surface area contributed by atoms with E-state index in [1.54, 1.807) is 31.5 Å². The van der Waals surface area contributed by atoms with Gasteiger partial charge in [-0.1, -0.05) is 18.2 Å². The van der Waals surface area contributed by atoms with E-state index in [1.165, 1.54) is 12.3 Å². The molecule has 8 heteroatoms. The number of methoxy groups -OCH3 is 1. The zero-order chi connectivity index (χ0) is 20.4. The minimum absolute atomic E-state index is 0.0578. The third-order valence-electron chi connectivity index (χ3n) is 4.40. The van der Waals surface area contributed by atoms with Crippen molar-refractivity contribution >= 4 is 28.9 Å². The summed E-state index contributed by atoms with van der Waals surface area (Å²) in [6.07, 6.45) is 3.12. The van der Waals surface area contributed by atoms with Crippen molar-refractivity contribution in [3.8, 4) is 16.9 Å². The fraction of sp³-hybridized carbons (Fsp3) is 0.0476. The first-order valence-electron chi connectivity index (χ1n) is 8.68. The van der Waals surface area contributed by atoms with E-state index in [0.717, 1.165) is 16.9 Å². The number of nitrogens with one attached hydrogen (secondary N) is 2. The Bertz CT molecular complexity index is 1220. The number of aromatic amines is 1. The van der Waals surface area contributed by atoms with Crippen LogP contribution in [0.25, 0.3) is 22.2 Å². The van der Waals surface area contributed by atoms with E-state index >= 15 is 0 Å². The summed E-state index contributed by atoms with van der Waals surface area (Å²) in [6.45, 7) is 0. The molecule has 3 N–H and O–H groups in total. The van der Waals surface area contributed by atoms with Crippen molar-refractivity contribution in [3.05, 3.63) is 72.1 Å². The maximum atomic E-state index is 12.6. The fourth-order valence-corrected chi connectivity index (χ4v) is 2.95. The van der Waals surface area contributed by atoms with E-state index in [9.17, 15) is 14.7 Å². The molecule has 0 radical (unpaired) electrons. The van der Waals surface area contributed by atoms with Gasteiger partial charge in [-0.25, -0.2) is 9.78 Å². The highest BCUT2D eigenvalue weighted by Crippen LogP contribution is 2.23. The molecule has 0 bridgehead atoms. The van der Waals surface area contributed by atoms with Gasteiger partial charge in [0.15, 0.2) is 0 Å². The number of nitrogens with zero attached hydrogens (tertiary/aromatic N) is 2. The maximum absolute atomic E-state index is 12.6. The monoisotopic (exact) mass is 388 g/mol. The second-order valence-electron chi connectivity index (χ2n) is 6.24. The molecule has 1 amide bonds. The molecule has 4 rings (SSSR count). The van der Waals surface area contributed by atoms with Gasteiger partial charge >= 0.3 is 5.97 Å². The Hall–Kier alpha value is -4.20. The van der Waals surface area contributed by atoms with Crippen molar-refractivity contribution < 1.29 is 19.4 Å². The minimum atomic E-state index is -1.09. The Balaban J connectivity index is 1.59. The molecular formula is C21H16N4O4. The van der Waals surface area contributed by atoms with Crippen molar-refractivity contribution in [2.45, 2.75) is 0 Å².